The molecular formula is C21H19ClF4N4O3. The number of fused-ring (bicyclic) bond motifs is 1. The fourth-order valence-corrected chi connectivity index (χ4v) is 4.42. The van der Waals surface area contributed by atoms with Crippen LogP contribution >= 0.6 is 12.4 Å². The number of anilines is 1. The molecule has 2 aromatic heterocycles. The molecule has 3 aromatic rings. The highest BCUT2D eigenvalue weighted by Gasteiger charge is 2.48. The molecule has 176 valence electrons. The van der Waals surface area contributed by atoms with Gasteiger partial charge in [0.1, 0.15) is 23.0 Å². The van der Waals surface area contributed by atoms with Crippen molar-refractivity contribution in [1.29, 1.82) is 0 Å². The lowest BCUT2D eigenvalue weighted by Gasteiger charge is -2.34. The van der Waals surface area contributed by atoms with E-state index in [1.165, 1.54) is 35.2 Å². The van der Waals surface area contributed by atoms with E-state index in [0.29, 0.717) is 42.5 Å². The quantitative estimate of drug-likeness (QED) is 0.392. The minimum atomic E-state index is -4.77. The summed E-state index contributed by atoms with van der Waals surface area (Å²) in [4.78, 5) is 25.1. The molecule has 2 aliphatic rings. The van der Waals surface area contributed by atoms with E-state index in [1.54, 1.807) is 6.07 Å². The number of rotatable bonds is 3. The van der Waals surface area contributed by atoms with Crippen LogP contribution in [0.25, 0.3) is 11.0 Å². The van der Waals surface area contributed by atoms with Crippen molar-refractivity contribution in [3.05, 3.63) is 48.2 Å². The van der Waals surface area contributed by atoms with Gasteiger partial charge < -0.3 is 14.5 Å². The van der Waals surface area contributed by atoms with Gasteiger partial charge in [0.15, 0.2) is 0 Å². The molecule has 2 fully saturated rings. The third-order valence-corrected chi connectivity index (χ3v) is 5.94. The molecule has 5 rings (SSSR count). The second-order valence-corrected chi connectivity index (χ2v) is 8.08. The number of imidazole rings is 1. The largest absolute Gasteiger partial charge is 0.573 e. The van der Waals surface area contributed by atoms with E-state index in [9.17, 15) is 22.4 Å². The standard InChI is InChI=1S/C21H18F4N4O3.ClH/c22-16-2-1-3-17(28-16)29-11-20(32-19(29)30)8-6-12(7-9-20)18-26-14-5-4-13(10-15(14)27-18)31-21(23,24)25;/h1-5,10,12H,6-9,11H2,(H,26,27);1H/t12-,20-;. The topological polar surface area (TPSA) is 80.3 Å². The number of carbonyl (C=O) groups is 1. The lowest BCUT2D eigenvalue weighted by atomic mass is 9.78. The summed E-state index contributed by atoms with van der Waals surface area (Å²) in [6, 6.07) is 8.23. The number of hydrogen-bond acceptors (Lipinski definition) is 5. The molecule has 33 heavy (non-hydrogen) atoms. The van der Waals surface area contributed by atoms with Gasteiger partial charge in [-0.2, -0.15) is 4.39 Å². The first-order valence-electron chi connectivity index (χ1n) is 10.1. The molecule has 1 amide bonds. The molecule has 1 saturated carbocycles. The van der Waals surface area contributed by atoms with Gasteiger partial charge in [0.2, 0.25) is 5.95 Å². The Hall–Kier alpha value is -3.08. The number of alkyl halides is 3. The van der Waals surface area contributed by atoms with Crippen LogP contribution in [0.5, 0.6) is 5.75 Å². The van der Waals surface area contributed by atoms with Crippen molar-refractivity contribution in [2.75, 3.05) is 11.4 Å². The monoisotopic (exact) mass is 486 g/mol. The smallest absolute Gasteiger partial charge is 0.441 e. The molecular weight excluding hydrogens is 468 g/mol. The predicted molar refractivity (Wildman–Crippen MR) is 112 cm³/mol. The van der Waals surface area contributed by atoms with Gasteiger partial charge in [-0.1, -0.05) is 6.07 Å². The number of nitrogens with one attached hydrogen (secondary N) is 1. The number of pyridine rings is 1. The van der Waals surface area contributed by atoms with E-state index in [1.807, 2.05) is 0 Å². The molecule has 0 bridgehead atoms. The molecule has 1 spiro atoms. The first-order chi connectivity index (χ1) is 15.2. The summed E-state index contributed by atoms with van der Waals surface area (Å²) in [5.41, 5.74) is 0.324. The van der Waals surface area contributed by atoms with Gasteiger partial charge in [0.25, 0.3) is 0 Å². The second kappa shape index (κ2) is 8.36. The lowest BCUT2D eigenvalue weighted by molar-refractivity contribution is -0.274. The fraction of sp³-hybridized carbons (Fsp3) is 0.381. The summed E-state index contributed by atoms with van der Waals surface area (Å²) in [6.45, 7) is 0.285. The summed E-state index contributed by atoms with van der Waals surface area (Å²) >= 11 is 0. The molecule has 3 heterocycles. The van der Waals surface area contributed by atoms with E-state index in [4.69, 9.17) is 4.74 Å². The maximum atomic E-state index is 13.5. The van der Waals surface area contributed by atoms with E-state index in [-0.39, 0.29) is 36.4 Å². The molecule has 1 saturated heterocycles. The summed E-state index contributed by atoms with van der Waals surface area (Å²) < 4.78 is 60.4. The minimum Gasteiger partial charge on any atom is -0.441 e. The van der Waals surface area contributed by atoms with Crippen LogP contribution in [0.15, 0.2) is 36.4 Å². The van der Waals surface area contributed by atoms with Crippen molar-refractivity contribution in [2.45, 2.75) is 43.6 Å². The van der Waals surface area contributed by atoms with Crippen LogP contribution in [-0.2, 0) is 4.74 Å². The van der Waals surface area contributed by atoms with Crippen molar-refractivity contribution in [3.63, 3.8) is 0 Å². The SMILES string of the molecule is Cl.O=C1O[C@]2(CC[C@H](c3nc4cc(OC(F)(F)F)ccc4[nH]3)CC2)CN1c1cccc(F)n1. The minimum absolute atomic E-state index is 0. The zero-order valence-corrected chi connectivity index (χ0v) is 17.9. The highest BCUT2D eigenvalue weighted by Crippen LogP contribution is 2.43. The average Bonchev–Trinajstić information content (AvgIpc) is 3.28. The molecule has 12 heteroatoms. The number of benzene rings is 1. The Balaban J connectivity index is 0.00000259. The third kappa shape index (κ3) is 4.68. The number of aromatic amines is 1. The van der Waals surface area contributed by atoms with E-state index in [2.05, 4.69) is 19.7 Å². The maximum Gasteiger partial charge on any atom is 0.573 e. The van der Waals surface area contributed by atoms with Gasteiger partial charge >= 0.3 is 12.5 Å². The summed E-state index contributed by atoms with van der Waals surface area (Å²) in [7, 11) is 0. The van der Waals surface area contributed by atoms with Crippen molar-refractivity contribution >= 4 is 35.4 Å². The highest BCUT2D eigenvalue weighted by molar-refractivity contribution is 5.89. The highest BCUT2D eigenvalue weighted by atomic mass is 35.5. The van der Waals surface area contributed by atoms with Gasteiger partial charge in [-0.15, -0.1) is 25.6 Å². The number of nitrogens with zero attached hydrogens (tertiary/aromatic N) is 3. The van der Waals surface area contributed by atoms with Crippen LogP contribution in [0.1, 0.15) is 37.4 Å². The van der Waals surface area contributed by atoms with Gasteiger partial charge in [-0.05, 0) is 49.9 Å². The Morgan fingerprint density at radius 1 is 1.15 bits per heavy atom. The number of halogens is 5. The zero-order valence-electron chi connectivity index (χ0n) is 17.1. The van der Waals surface area contributed by atoms with Crippen molar-refractivity contribution in [1.82, 2.24) is 15.0 Å². The molecule has 7 nitrogen and oxygen atoms in total. The molecule has 1 aliphatic carbocycles. The number of aromatic nitrogens is 3. The van der Waals surface area contributed by atoms with Gasteiger partial charge in [-0.3, -0.25) is 4.90 Å². The number of carbonyl (C=O) groups excluding carboxylic acids is 1. The molecule has 1 aliphatic heterocycles. The van der Waals surface area contributed by atoms with E-state index in [0.717, 1.165) is 0 Å². The second-order valence-electron chi connectivity index (χ2n) is 8.08. The molecule has 1 aromatic carbocycles. The van der Waals surface area contributed by atoms with Crippen LogP contribution in [-0.4, -0.2) is 39.6 Å². The first-order valence-corrected chi connectivity index (χ1v) is 10.1. The van der Waals surface area contributed by atoms with E-state index >= 15 is 0 Å². The fourth-order valence-electron chi connectivity index (χ4n) is 4.42. The Kier molecular flexibility index (Phi) is 5.85. The summed E-state index contributed by atoms with van der Waals surface area (Å²) in [5.74, 6) is -0.0709. The molecule has 0 radical (unpaired) electrons. The number of hydrogen-bond donors (Lipinski definition) is 1. The Morgan fingerprint density at radius 3 is 2.61 bits per heavy atom. The van der Waals surface area contributed by atoms with Crippen LogP contribution in [0, 0.1) is 5.95 Å². The first kappa shape index (κ1) is 23.1. The van der Waals surface area contributed by atoms with Crippen LogP contribution in [0.3, 0.4) is 0 Å². The van der Waals surface area contributed by atoms with Crippen LogP contribution in [0.4, 0.5) is 28.2 Å². The average molecular weight is 487 g/mol. The summed E-state index contributed by atoms with van der Waals surface area (Å²) in [5, 5.41) is 0. The number of H-pyrrole nitrogens is 1. The predicted octanol–water partition coefficient (Wildman–Crippen LogP) is 5.47. The van der Waals surface area contributed by atoms with Crippen LogP contribution < -0.4 is 9.64 Å². The lowest BCUT2D eigenvalue weighted by Crippen LogP contribution is -2.38. The number of amides is 1. The number of ether oxygens (including phenoxy) is 2. The zero-order chi connectivity index (χ0) is 22.5. The molecule has 1 N–H and O–H groups in total. The van der Waals surface area contributed by atoms with Crippen molar-refractivity contribution in [3.8, 4) is 5.75 Å². The van der Waals surface area contributed by atoms with Crippen molar-refractivity contribution in [2.24, 2.45) is 0 Å². The Bertz CT molecular complexity index is 1180. The Labute approximate surface area is 191 Å². The summed E-state index contributed by atoms with van der Waals surface area (Å²) in [6.07, 6.45) is -2.82. The normalized spacial score (nSPS) is 23.0. The third-order valence-electron chi connectivity index (χ3n) is 5.94. The Morgan fingerprint density at radius 2 is 1.91 bits per heavy atom. The van der Waals surface area contributed by atoms with Gasteiger partial charge in [0.05, 0.1) is 17.6 Å². The molecule has 0 unspecified atom stereocenters. The van der Waals surface area contributed by atoms with Crippen molar-refractivity contribution < 1.29 is 31.8 Å². The van der Waals surface area contributed by atoms with Gasteiger partial charge in [-0.25, -0.2) is 14.8 Å². The van der Waals surface area contributed by atoms with Crippen LogP contribution in [0.2, 0.25) is 0 Å². The molecule has 0 atom stereocenters. The maximum absolute atomic E-state index is 13.5. The van der Waals surface area contributed by atoms with E-state index < -0.39 is 24.0 Å². The van der Waals surface area contributed by atoms with Gasteiger partial charge in [0, 0.05) is 12.0 Å².